The zero-order valence-electron chi connectivity index (χ0n) is 6.51. The molecule has 0 radical (unpaired) electrons. The van der Waals surface area contributed by atoms with Crippen molar-refractivity contribution in [1.82, 2.24) is 5.32 Å². The second-order valence-corrected chi connectivity index (χ2v) is 2.32. The van der Waals surface area contributed by atoms with E-state index in [-0.39, 0.29) is 12.2 Å². The van der Waals surface area contributed by atoms with Crippen molar-refractivity contribution in [2.45, 2.75) is 25.6 Å². The van der Waals surface area contributed by atoms with E-state index in [9.17, 15) is 0 Å². The molecule has 0 saturated carbocycles. The van der Waals surface area contributed by atoms with Gasteiger partial charge in [-0.15, -0.1) is 13.2 Å². The van der Waals surface area contributed by atoms with Crippen LogP contribution in [0.3, 0.4) is 0 Å². The summed E-state index contributed by atoms with van der Waals surface area (Å²) in [5.74, 6) is 0. The third kappa shape index (κ3) is 4.30. The molecule has 0 aliphatic carbocycles. The van der Waals surface area contributed by atoms with Gasteiger partial charge in [0, 0.05) is 6.04 Å². The smallest absolute Gasteiger partial charge is 0.0521 e. The minimum absolute atomic E-state index is 0.0166. The van der Waals surface area contributed by atoms with Gasteiger partial charge in [0.25, 0.3) is 0 Å². The largest absolute Gasteiger partial charge is 0.316 e. The van der Waals surface area contributed by atoms with Gasteiger partial charge < -0.3 is 5.73 Å². The quantitative estimate of drug-likeness (QED) is 0.442. The number of hydrogen-bond acceptors (Lipinski definition) is 2. The predicted octanol–water partition coefficient (Wildman–Crippen LogP) is 1.01. The van der Waals surface area contributed by atoms with Crippen LogP contribution >= 0.6 is 0 Å². The number of hydrogen-bond donors (Lipinski definition) is 2. The van der Waals surface area contributed by atoms with Gasteiger partial charge in [-0.25, -0.2) is 0 Å². The molecule has 3 N–H and O–H groups in total. The Balaban J connectivity index is 3.59. The van der Waals surface area contributed by atoms with Crippen LogP contribution in [0.4, 0.5) is 0 Å². The zero-order chi connectivity index (χ0) is 7.98. The molecule has 2 atom stereocenters. The van der Waals surface area contributed by atoms with Crippen molar-refractivity contribution < 1.29 is 0 Å². The van der Waals surface area contributed by atoms with Crippen molar-refractivity contribution in [1.29, 1.82) is 0 Å². The Morgan fingerprint density at radius 3 is 2.50 bits per heavy atom. The maximum atomic E-state index is 5.51. The van der Waals surface area contributed by atoms with E-state index >= 15 is 0 Å². The fraction of sp³-hybridized carbons (Fsp3) is 0.500. The molecule has 0 spiro atoms. The third-order valence-corrected chi connectivity index (χ3v) is 1.18. The van der Waals surface area contributed by atoms with E-state index in [1.54, 1.807) is 0 Å². The first-order valence-corrected chi connectivity index (χ1v) is 3.45. The first-order chi connectivity index (χ1) is 4.70. The van der Waals surface area contributed by atoms with Crippen LogP contribution in [0.2, 0.25) is 0 Å². The normalized spacial score (nSPS) is 15.8. The first kappa shape index (κ1) is 9.40. The summed E-state index contributed by atoms with van der Waals surface area (Å²) in [7, 11) is 0. The van der Waals surface area contributed by atoms with Gasteiger partial charge in [0.1, 0.15) is 0 Å². The molecule has 2 nitrogen and oxygen atoms in total. The van der Waals surface area contributed by atoms with Crippen molar-refractivity contribution in [2.24, 2.45) is 5.73 Å². The average molecular weight is 140 g/mol. The monoisotopic (exact) mass is 140 g/mol. The Labute approximate surface area is 62.8 Å². The maximum absolute atomic E-state index is 5.51. The Morgan fingerprint density at radius 2 is 2.20 bits per heavy atom. The van der Waals surface area contributed by atoms with E-state index < -0.39 is 0 Å². The fourth-order valence-electron chi connectivity index (χ4n) is 0.750. The first-order valence-electron chi connectivity index (χ1n) is 3.45. The highest BCUT2D eigenvalue weighted by Crippen LogP contribution is 1.93. The van der Waals surface area contributed by atoms with Crippen LogP contribution in [-0.4, -0.2) is 12.2 Å². The molecule has 0 amide bonds. The lowest BCUT2D eigenvalue weighted by molar-refractivity contribution is 0.511. The summed E-state index contributed by atoms with van der Waals surface area (Å²) in [6, 6.07) is 0.262. The van der Waals surface area contributed by atoms with Crippen molar-refractivity contribution in [3.8, 4) is 0 Å². The van der Waals surface area contributed by atoms with Crippen LogP contribution in [0, 0.1) is 0 Å². The average Bonchev–Trinajstić information content (AvgIpc) is 1.86. The van der Waals surface area contributed by atoms with Gasteiger partial charge in [-0.1, -0.05) is 12.2 Å². The van der Waals surface area contributed by atoms with Gasteiger partial charge in [-0.05, 0) is 13.3 Å². The molecule has 0 heterocycles. The lowest BCUT2D eigenvalue weighted by Gasteiger charge is -2.15. The molecule has 2 unspecified atom stereocenters. The second-order valence-electron chi connectivity index (χ2n) is 2.32. The van der Waals surface area contributed by atoms with Crippen LogP contribution in [0.15, 0.2) is 25.3 Å². The summed E-state index contributed by atoms with van der Waals surface area (Å²) in [5.41, 5.74) is 5.51. The molecule has 0 rings (SSSR count). The zero-order valence-corrected chi connectivity index (χ0v) is 6.51. The minimum Gasteiger partial charge on any atom is -0.316 e. The second kappa shape index (κ2) is 5.21. The van der Waals surface area contributed by atoms with E-state index in [0.29, 0.717) is 0 Å². The molecule has 0 fully saturated rings. The van der Waals surface area contributed by atoms with Gasteiger partial charge in [0.2, 0.25) is 0 Å². The van der Waals surface area contributed by atoms with Crippen LogP contribution < -0.4 is 11.1 Å². The van der Waals surface area contributed by atoms with Crippen molar-refractivity contribution in [3.63, 3.8) is 0 Å². The van der Waals surface area contributed by atoms with Crippen LogP contribution in [0.1, 0.15) is 13.3 Å². The van der Waals surface area contributed by atoms with Gasteiger partial charge in [-0.2, -0.15) is 0 Å². The molecule has 0 aromatic heterocycles. The Hall–Kier alpha value is -0.600. The standard InChI is InChI=1S/C8H16N2/c1-4-6-8(5-2)10-7(3)9/h4-5,7-8,10H,1-2,6,9H2,3H3. The Kier molecular flexibility index (Phi) is 4.89. The summed E-state index contributed by atoms with van der Waals surface area (Å²) in [6.45, 7) is 9.20. The lowest BCUT2D eigenvalue weighted by Crippen LogP contribution is -2.40. The molecule has 0 aliphatic heterocycles. The van der Waals surface area contributed by atoms with Crippen LogP contribution in [0.25, 0.3) is 0 Å². The summed E-state index contributed by atoms with van der Waals surface area (Å²) < 4.78 is 0. The lowest BCUT2D eigenvalue weighted by atomic mass is 10.2. The molecule has 10 heavy (non-hydrogen) atoms. The molecule has 2 heteroatoms. The Bertz CT molecular complexity index is 108. The molecule has 0 aromatic carbocycles. The number of nitrogens with two attached hydrogens (primary N) is 1. The van der Waals surface area contributed by atoms with Gasteiger partial charge in [0.05, 0.1) is 6.17 Å². The number of nitrogens with one attached hydrogen (secondary N) is 1. The van der Waals surface area contributed by atoms with Gasteiger partial charge in [-0.3, -0.25) is 5.32 Å². The minimum atomic E-state index is 0.0166. The van der Waals surface area contributed by atoms with E-state index in [1.165, 1.54) is 0 Å². The van der Waals surface area contributed by atoms with E-state index in [4.69, 9.17) is 5.73 Å². The van der Waals surface area contributed by atoms with E-state index in [0.717, 1.165) is 6.42 Å². The van der Waals surface area contributed by atoms with Crippen LogP contribution in [-0.2, 0) is 0 Å². The molecule has 0 saturated heterocycles. The van der Waals surface area contributed by atoms with E-state index in [1.807, 2.05) is 19.1 Å². The van der Waals surface area contributed by atoms with E-state index in [2.05, 4.69) is 18.5 Å². The fourth-order valence-corrected chi connectivity index (χ4v) is 0.750. The summed E-state index contributed by atoms with van der Waals surface area (Å²) in [4.78, 5) is 0. The van der Waals surface area contributed by atoms with Crippen molar-refractivity contribution >= 4 is 0 Å². The summed E-state index contributed by atoms with van der Waals surface area (Å²) in [5, 5.41) is 3.12. The molecular formula is C8H16N2. The van der Waals surface area contributed by atoms with Crippen molar-refractivity contribution in [3.05, 3.63) is 25.3 Å². The van der Waals surface area contributed by atoms with Gasteiger partial charge in [0.15, 0.2) is 0 Å². The summed E-state index contributed by atoms with van der Waals surface area (Å²) >= 11 is 0. The topological polar surface area (TPSA) is 38.0 Å². The predicted molar refractivity (Wildman–Crippen MR) is 45.6 cm³/mol. The Morgan fingerprint density at radius 1 is 1.60 bits per heavy atom. The summed E-state index contributed by atoms with van der Waals surface area (Å²) in [6.07, 6.45) is 4.58. The molecule has 0 aliphatic rings. The highest BCUT2D eigenvalue weighted by atomic mass is 15.0. The molecular weight excluding hydrogens is 124 g/mol. The van der Waals surface area contributed by atoms with Crippen LogP contribution in [0.5, 0.6) is 0 Å². The molecule has 0 aromatic rings. The van der Waals surface area contributed by atoms with Crippen molar-refractivity contribution in [2.75, 3.05) is 0 Å². The third-order valence-electron chi connectivity index (χ3n) is 1.18. The highest BCUT2D eigenvalue weighted by molar-refractivity contribution is 4.91. The number of rotatable bonds is 5. The molecule has 0 bridgehead atoms. The maximum Gasteiger partial charge on any atom is 0.0521 e. The van der Waals surface area contributed by atoms with Gasteiger partial charge >= 0.3 is 0 Å². The SMILES string of the molecule is C=CCC(C=C)NC(C)N. The highest BCUT2D eigenvalue weighted by Gasteiger charge is 2.01. The molecule has 58 valence electrons.